The first-order chi connectivity index (χ1) is 7.16. The molecule has 1 aliphatic carbocycles. The van der Waals surface area contributed by atoms with Crippen molar-refractivity contribution in [2.45, 2.75) is 26.7 Å². The largest absolute Gasteiger partial charge is 0.252 e. The Labute approximate surface area is 103 Å². The van der Waals surface area contributed by atoms with Crippen LogP contribution in [0.1, 0.15) is 22.4 Å². The normalized spacial score (nSPS) is 13.8. The highest BCUT2D eigenvalue weighted by Crippen LogP contribution is 2.33. The fourth-order valence-electron chi connectivity index (χ4n) is 2.29. The summed E-state index contributed by atoms with van der Waals surface area (Å²) in [5.74, 6) is 0. The van der Waals surface area contributed by atoms with Gasteiger partial charge in [0.2, 0.25) is 0 Å². The van der Waals surface area contributed by atoms with Gasteiger partial charge in [-0.2, -0.15) is 0 Å². The Kier molecular flexibility index (Phi) is 2.03. The van der Waals surface area contributed by atoms with Crippen LogP contribution in [0.4, 0.5) is 0 Å². The van der Waals surface area contributed by atoms with Crippen molar-refractivity contribution in [1.82, 2.24) is 4.98 Å². The molecule has 0 amide bonds. The van der Waals surface area contributed by atoms with Crippen molar-refractivity contribution < 1.29 is 0 Å². The number of rotatable bonds is 0. The van der Waals surface area contributed by atoms with Crippen molar-refractivity contribution in [2.75, 3.05) is 0 Å². The summed E-state index contributed by atoms with van der Waals surface area (Å²) in [6, 6.07) is 4.48. The minimum absolute atomic E-state index is 1.16. The Morgan fingerprint density at radius 3 is 2.67 bits per heavy atom. The van der Waals surface area contributed by atoms with Gasteiger partial charge in [0.05, 0.1) is 5.52 Å². The standard InChI is InChI=1S/C13H12IN/c1-7-5-8(2)13-10(6-7)12(14)9-3-4-11(9)15-13/h5-6H,3-4H2,1-2H3. The van der Waals surface area contributed by atoms with Gasteiger partial charge in [0, 0.05) is 14.7 Å². The van der Waals surface area contributed by atoms with E-state index in [-0.39, 0.29) is 0 Å². The lowest BCUT2D eigenvalue weighted by atomic mass is 9.91. The summed E-state index contributed by atoms with van der Waals surface area (Å²) in [5.41, 5.74) is 6.63. The summed E-state index contributed by atoms with van der Waals surface area (Å²) in [6.45, 7) is 4.31. The first-order valence-electron chi connectivity index (χ1n) is 5.25. The molecule has 15 heavy (non-hydrogen) atoms. The molecule has 0 saturated carbocycles. The van der Waals surface area contributed by atoms with Gasteiger partial charge in [-0.25, -0.2) is 0 Å². The molecule has 2 aromatic rings. The Hall–Kier alpha value is -0.640. The highest BCUT2D eigenvalue weighted by molar-refractivity contribution is 14.1. The summed E-state index contributed by atoms with van der Waals surface area (Å²) in [5, 5.41) is 1.34. The summed E-state index contributed by atoms with van der Waals surface area (Å²) >= 11 is 2.47. The zero-order chi connectivity index (χ0) is 10.6. The van der Waals surface area contributed by atoms with Crippen LogP contribution < -0.4 is 0 Å². The van der Waals surface area contributed by atoms with E-state index < -0.39 is 0 Å². The van der Waals surface area contributed by atoms with E-state index in [0.29, 0.717) is 0 Å². The molecule has 76 valence electrons. The molecule has 0 N–H and O–H groups in total. The highest BCUT2D eigenvalue weighted by Gasteiger charge is 2.20. The third-order valence-corrected chi connectivity index (χ3v) is 4.39. The maximum atomic E-state index is 4.76. The third-order valence-electron chi connectivity index (χ3n) is 3.15. The lowest BCUT2D eigenvalue weighted by Crippen LogP contribution is -2.14. The predicted molar refractivity (Wildman–Crippen MR) is 71.3 cm³/mol. The van der Waals surface area contributed by atoms with Crippen LogP contribution in [-0.4, -0.2) is 4.98 Å². The van der Waals surface area contributed by atoms with Crippen LogP contribution in [0.15, 0.2) is 12.1 Å². The maximum absolute atomic E-state index is 4.76. The van der Waals surface area contributed by atoms with Gasteiger partial charge in [-0.3, -0.25) is 4.98 Å². The smallest absolute Gasteiger partial charge is 0.0745 e. The Morgan fingerprint density at radius 2 is 2.00 bits per heavy atom. The molecule has 0 spiro atoms. The first-order valence-corrected chi connectivity index (χ1v) is 6.33. The molecule has 0 aliphatic heterocycles. The van der Waals surface area contributed by atoms with Gasteiger partial charge in [0.1, 0.15) is 0 Å². The summed E-state index contributed by atoms with van der Waals surface area (Å²) in [6.07, 6.45) is 2.37. The average Bonchev–Trinajstić information content (AvgIpc) is 2.11. The zero-order valence-corrected chi connectivity index (χ0v) is 11.1. The van der Waals surface area contributed by atoms with E-state index in [4.69, 9.17) is 4.98 Å². The van der Waals surface area contributed by atoms with Crippen LogP contribution in [0.25, 0.3) is 10.9 Å². The number of fused-ring (bicyclic) bond motifs is 2. The summed E-state index contributed by atoms with van der Waals surface area (Å²) < 4.78 is 1.42. The number of nitrogens with zero attached hydrogens (tertiary/aromatic N) is 1. The van der Waals surface area contributed by atoms with Gasteiger partial charge in [-0.1, -0.05) is 11.6 Å². The topological polar surface area (TPSA) is 12.9 Å². The van der Waals surface area contributed by atoms with Crippen molar-refractivity contribution in [2.24, 2.45) is 0 Å². The quantitative estimate of drug-likeness (QED) is 0.678. The number of aryl methyl sites for hydroxylation is 3. The van der Waals surface area contributed by atoms with Crippen LogP contribution in [0.3, 0.4) is 0 Å². The number of halogens is 1. The van der Waals surface area contributed by atoms with E-state index in [1.54, 1.807) is 0 Å². The van der Waals surface area contributed by atoms with Crippen molar-refractivity contribution in [3.8, 4) is 0 Å². The number of hydrogen-bond acceptors (Lipinski definition) is 1. The number of pyridine rings is 1. The average molecular weight is 309 g/mol. The Balaban J connectivity index is 2.49. The lowest BCUT2D eigenvalue weighted by molar-refractivity contribution is 0.792. The lowest BCUT2D eigenvalue weighted by Gasteiger charge is -2.21. The van der Waals surface area contributed by atoms with Gasteiger partial charge >= 0.3 is 0 Å². The predicted octanol–water partition coefficient (Wildman–Crippen LogP) is 3.55. The molecule has 0 saturated heterocycles. The molecule has 2 heteroatoms. The van der Waals surface area contributed by atoms with E-state index in [1.807, 2.05) is 0 Å². The Bertz CT molecular complexity index is 572. The number of benzene rings is 1. The van der Waals surface area contributed by atoms with Gasteiger partial charge < -0.3 is 0 Å². The molecule has 0 atom stereocenters. The number of hydrogen-bond donors (Lipinski definition) is 0. The fourth-order valence-corrected chi connectivity index (χ4v) is 3.29. The van der Waals surface area contributed by atoms with Crippen molar-refractivity contribution in [3.63, 3.8) is 0 Å². The van der Waals surface area contributed by atoms with Crippen LogP contribution in [-0.2, 0) is 12.8 Å². The van der Waals surface area contributed by atoms with E-state index in [0.717, 1.165) is 6.42 Å². The molecule has 0 bridgehead atoms. The molecule has 1 aromatic heterocycles. The monoisotopic (exact) mass is 309 g/mol. The van der Waals surface area contributed by atoms with E-state index in [9.17, 15) is 0 Å². The number of aromatic nitrogens is 1. The first kappa shape index (κ1) is 9.58. The van der Waals surface area contributed by atoms with Gasteiger partial charge in [0.25, 0.3) is 0 Å². The fraction of sp³-hybridized carbons (Fsp3) is 0.308. The molecule has 0 radical (unpaired) electrons. The minimum Gasteiger partial charge on any atom is -0.252 e. The van der Waals surface area contributed by atoms with E-state index >= 15 is 0 Å². The van der Waals surface area contributed by atoms with Crippen LogP contribution in [0.2, 0.25) is 0 Å². The molecule has 0 unspecified atom stereocenters. The summed E-state index contributed by atoms with van der Waals surface area (Å²) in [4.78, 5) is 4.76. The van der Waals surface area contributed by atoms with Crippen molar-refractivity contribution >= 4 is 33.5 Å². The van der Waals surface area contributed by atoms with Gasteiger partial charge in [-0.15, -0.1) is 0 Å². The van der Waals surface area contributed by atoms with E-state index in [2.05, 4.69) is 48.6 Å². The van der Waals surface area contributed by atoms with Crippen LogP contribution in [0, 0.1) is 17.4 Å². The second-order valence-electron chi connectivity index (χ2n) is 4.33. The molecular formula is C13H12IN. The van der Waals surface area contributed by atoms with E-state index in [1.165, 1.54) is 43.3 Å². The molecule has 0 fully saturated rings. The Morgan fingerprint density at radius 1 is 1.20 bits per heavy atom. The van der Waals surface area contributed by atoms with Crippen molar-refractivity contribution in [3.05, 3.63) is 38.1 Å². The van der Waals surface area contributed by atoms with Gasteiger partial charge in [-0.05, 0) is 66.5 Å². The molecule has 1 aromatic carbocycles. The SMILES string of the molecule is Cc1cc(C)c2nc3c(c(I)c2c1)CC3. The van der Waals surface area contributed by atoms with Crippen LogP contribution >= 0.6 is 22.6 Å². The maximum Gasteiger partial charge on any atom is 0.0745 e. The molecule has 1 aliphatic rings. The second kappa shape index (κ2) is 3.17. The molecule has 1 heterocycles. The molecule has 1 nitrogen and oxygen atoms in total. The highest BCUT2D eigenvalue weighted by atomic mass is 127. The van der Waals surface area contributed by atoms with Gasteiger partial charge in [0.15, 0.2) is 0 Å². The van der Waals surface area contributed by atoms with Crippen molar-refractivity contribution in [1.29, 1.82) is 0 Å². The summed E-state index contributed by atoms with van der Waals surface area (Å²) in [7, 11) is 0. The third kappa shape index (κ3) is 1.30. The second-order valence-corrected chi connectivity index (χ2v) is 5.41. The minimum atomic E-state index is 1.16. The molecule has 3 rings (SSSR count). The molecular weight excluding hydrogens is 297 g/mol. The van der Waals surface area contributed by atoms with Crippen LogP contribution in [0.5, 0.6) is 0 Å². The zero-order valence-electron chi connectivity index (χ0n) is 8.89.